The van der Waals surface area contributed by atoms with Gasteiger partial charge in [0, 0.05) is 11.8 Å². The first-order chi connectivity index (χ1) is 10.7. The fourth-order valence-corrected chi connectivity index (χ4v) is 2.73. The first-order valence-corrected chi connectivity index (χ1v) is 7.32. The lowest BCUT2D eigenvalue weighted by molar-refractivity contribution is -0.275. The molecule has 23 heavy (non-hydrogen) atoms. The van der Waals surface area contributed by atoms with Crippen LogP contribution < -0.4 is 10.1 Å². The van der Waals surface area contributed by atoms with Crippen molar-refractivity contribution in [2.24, 2.45) is 5.92 Å². The fourth-order valence-electron chi connectivity index (χ4n) is 1.89. The van der Waals surface area contributed by atoms with Gasteiger partial charge in [-0.15, -0.1) is 24.9 Å². The molecular weight excluding hydrogens is 342 g/mol. The predicted octanol–water partition coefficient (Wildman–Crippen LogP) is 2.16. The van der Waals surface area contributed by atoms with Gasteiger partial charge < -0.3 is 10.1 Å². The highest BCUT2D eigenvalue weighted by Gasteiger charge is 2.37. The monoisotopic (exact) mass is 351 g/mol. The molecule has 1 heterocycles. The Bertz CT molecular complexity index is 646. The van der Waals surface area contributed by atoms with E-state index in [-0.39, 0.29) is 17.2 Å². The van der Waals surface area contributed by atoms with Crippen molar-refractivity contribution < 1.29 is 36.7 Å². The number of ketones is 2. The van der Waals surface area contributed by atoms with E-state index in [0.29, 0.717) is 12.1 Å². The quantitative estimate of drug-likeness (QED) is 0.667. The summed E-state index contributed by atoms with van der Waals surface area (Å²) in [5.74, 6) is -6.06. The number of thioether (sulfide) groups is 1. The standard InChI is InChI=1S/C13H9F4NO4S/c14-7-2-1-6(3-10(7)22-13(15,16)17)18-12(21)11-8(19)4-23-5-9(11)20/h1-3,11H,4-5H2,(H,18,21). The minimum absolute atomic E-state index is 0.00429. The van der Waals surface area contributed by atoms with Gasteiger partial charge in [-0.25, -0.2) is 4.39 Å². The van der Waals surface area contributed by atoms with E-state index in [1.54, 1.807) is 0 Å². The summed E-state index contributed by atoms with van der Waals surface area (Å²) >= 11 is 1.08. The molecule has 0 atom stereocenters. The van der Waals surface area contributed by atoms with E-state index in [1.807, 2.05) is 0 Å². The van der Waals surface area contributed by atoms with Crippen molar-refractivity contribution in [3.63, 3.8) is 0 Å². The average Bonchev–Trinajstić information content (AvgIpc) is 2.41. The van der Waals surface area contributed by atoms with Crippen LogP contribution in [0.2, 0.25) is 0 Å². The zero-order valence-electron chi connectivity index (χ0n) is 11.3. The molecule has 0 spiro atoms. The van der Waals surface area contributed by atoms with Gasteiger partial charge in [-0.1, -0.05) is 0 Å². The molecule has 124 valence electrons. The second-order valence-corrected chi connectivity index (χ2v) is 5.53. The maximum Gasteiger partial charge on any atom is 0.573 e. The molecular formula is C13H9F4NO4S. The van der Waals surface area contributed by atoms with Crippen LogP contribution in [-0.4, -0.2) is 35.3 Å². The highest BCUT2D eigenvalue weighted by molar-refractivity contribution is 8.00. The first-order valence-electron chi connectivity index (χ1n) is 6.17. The molecule has 0 radical (unpaired) electrons. The molecule has 2 rings (SSSR count). The number of hydrogen-bond acceptors (Lipinski definition) is 5. The molecule has 0 saturated carbocycles. The normalized spacial score (nSPS) is 16.3. The molecule has 10 heteroatoms. The molecule has 0 aromatic heterocycles. The summed E-state index contributed by atoms with van der Waals surface area (Å²) in [5.41, 5.74) is -0.227. The zero-order valence-corrected chi connectivity index (χ0v) is 12.1. The SMILES string of the molecule is O=C1CSCC(=O)C1C(=O)Nc1ccc(F)c(OC(F)(F)F)c1. The number of alkyl halides is 3. The number of carbonyl (C=O) groups is 3. The summed E-state index contributed by atoms with van der Waals surface area (Å²) in [4.78, 5) is 35.2. The van der Waals surface area contributed by atoms with E-state index in [0.717, 1.165) is 17.8 Å². The first kappa shape index (κ1) is 17.3. The van der Waals surface area contributed by atoms with Crippen LogP contribution in [0.5, 0.6) is 5.75 Å². The number of hydrogen-bond donors (Lipinski definition) is 1. The Kier molecular flexibility index (Phi) is 4.93. The van der Waals surface area contributed by atoms with Crippen molar-refractivity contribution in [3.8, 4) is 5.75 Å². The number of rotatable bonds is 3. The number of benzene rings is 1. The van der Waals surface area contributed by atoms with E-state index in [1.165, 1.54) is 0 Å². The Morgan fingerprint density at radius 1 is 1.22 bits per heavy atom. The van der Waals surface area contributed by atoms with E-state index < -0.39 is 41.3 Å². The van der Waals surface area contributed by atoms with E-state index in [4.69, 9.17) is 0 Å². The molecule has 1 aliphatic rings. The van der Waals surface area contributed by atoms with Crippen molar-refractivity contribution in [1.29, 1.82) is 0 Å². The summed E-state index contributed by atoms with van der Waals surface area (Å²) in [6, 6.07) is 2.27. The summed E-state index contributed by atoms with van der Waals surface area (Å²) in [5, 5.41) is 2.12. The molecule has 1 amide bonds. The van der Waals surface area contributed by atoms with Crippen LogP contribution in [0, 0.1) is 11.7 Å². The Hall–Kier alpha value is -2.10. The number of carbonyl (C=O) groups excluding carboxylic acids is 3. The summed E-state index contributed by atoms with van der Waals surface area (Å²) in [6.07, 6.45) is -5.10. The van der Waals surface area contributed by atoms with Gasteiger partial charge in [-0.3, -0.25) is 14.4 Å². The van der Waals surface area contributed by atoms with Crippen LogP contribution in [0.3, 0.4) is 0 Å². The second-order valence-electron chi connectivity index (χ2n) is 4.54. The number of halogens is 4. The Morgan fingerprint density at radius 2 is 1.83 bits per heavy atom. The predicted molar refractivity (Wildman–Crippen MR) is 72.5 cm³/mol. The molecule has 1 saturated heterocycles. The van der Waals surface area contributed by atoms with Gasteiger partial charge in [0.15, 0.2) is 29.1 Å². The topological polar surface area (TPSA) is 72.5 Å². The molecule has 0 bridgehead atoms. The zero-order chi connectivity index (χ0) is 17.2. The van der Waals surface area contributed by atoms with E-state index in [2.05, 4.69) is 10.1 Å². The van der Waals surface area contributed by atoms with Crippen LogP contribution in [0.15, 0.2) is 18.2 Å². The Morgan fingerprint density at radius 3 is 2.39 bits per heavy atom. The fraction of sp³-hybridized carbons (Fsp3) is 0.308. The highest BCUT2D eigenvalue weighted by Crippen LogP contribution is 2.28. The van der Waals surface area contributed by atoms with Crippen LogP contribution in [0.25, 0.3) is 0 Å². The largest absolute Gasteiger partial charge is 0.573 e. The molecule has 1 aromatic carbocycles. The molecule has 0 aliphatic carbocycles. The lowest BCUT2D eigenvalue weighted by atomic mass is 9.99. The number of amides is 1. The van der Waals surface area contributed by atoms with Gasteiger partial charge in [0.1, 0.15) is 0 Å². The molecule has 1 fully saturated rings. The minimum Gasteiger partial charge on any atom is -0.403 e. The maximum absolute atomic E-state index is 13.3. The third kappa shape index (κ3) is 4.44. The van der Waals surface area contributed by atoms with Crippen LogP contribution in [0.4, 0.5) is 23.2 Å². The lowest BCUT2D eigenvalue weighted by Gasteiger charge is -2.18. The van der Waals surface area contributed by atoms with Crippen molar-refractivity contribution >= 4 is 34.9 Å². The summed E-state index contributed by atoms with van der Waals surface area (Å²) in [7, 11) is 0. The third-order valence-electron chi connectivity index (χ3n) is 2.82. The molecule has 1 aromatic rings. The van der Waals surface area contributed by atoms with Gasteiger partial charge in [0.05, 0.1) is 11.5 Å². The molecule has 1 N–H and O–H groups in total. The van der Waals surface area contributed by atoms with Crippen LogP contribution in [0.1, 0.15) is 0 Å². The molecule has 1 aliphatic heterocycles. The minimum atomic E-state index is -5.10. The van der Waals surface area contributed by atoms with E-state index >= 15 is 0 Å². The van der Waals surface area contributed by atoms with Crippen molar-refractivity contribution in [1.82, 2.24) is 0 Å². The van der Waals surface area contributed by atoms with Gasteiger partial charge in [-0.05, 0) is 12.1 Å². The highest BCUT2D eigenvalue weighted by atomic mass is 32.2. The van der Waals surface area contributed by atoms with Crippen molar-refractivity contribution in [2.45, 2.75) is 6.36 Å². The van der Waals surface area contributed by atoms with Gasteiger partial charge in [-0.2, -0.15) is 0 Å². The lowest BCUT2D eigenvalue weighted by Crippen LogP contribution is -2.41. The van der Waals surface area contributed by atoms with Gasteiger partial charge in [0.25, 0.3) is 0 Å². The van der Waals surface area contributed by atoms with Crippen molar-refractivity contribution in [2.75, 3.05) is 16.8 Å². The second kappa shape index (κ2) is 6.57. The Balaban J connectivity index is 2.16. The Labute approximate surface area is 131 Å². The molecule has 0 unspecified atom stereocenters. The van der Waals surface area contributed by atoms with Crippen LogP contribution >= 0.6 is 11.8 Å². The maximum atomic E-state index is 13.3. The summed E-state index contributed by atoms with van der Waals surface area (Å²) < 4.78 is 53.2. The number of ether oxygens (including phenoxy) is 1. The number of anilines is 1. The van der Waals surface area contributed by atoms with Gasteiger partial charge in [0.2, 0.25) is 5.91 Å². The average molecular weight is 351 g/mol. The van der Waals surface area contributed by atoms with Crippen LogP contribution in [-0.2, 0) is 14.4 Å². The van der Waals surface area contributed by atoms with E-state index in [9.17, 15) is 31.9 Å². The van der Waals surface area contributed by atoms with Gasteiger partial charge >= 0.3 is 6.36 Å². The third-order valence-corrected chi connectivity index (χ3v) is 3.80. The molecule has 5 nitrogen and oxygen atoms in total. The number of Topliss-reactive ketones (excluding diaryl/α,β-unsaturated/α-hetero) is 2. The number of nitrogens with one attached hydrogen (secondary N) is 1. The summed E-state index contributed by atoms with van der Waals surface area (Å²) in [6.45, 7) is 0. The van der Waals surface area contributed by atoms with Crippen molar-refractivity contribution in [3.05, 3.63) is 24.0 Å². The smallest absolute Gasteiger partial charge is 0.403 e.